The molecule has 0 fully saturated rings. The highest BCUT2D eigenvalue weighted by Crippen LogP contribution is 2.13. The van der Waals surface area contributed by atoms with Gasteiger partial charge in [0.1, 0.15) is 6.04 Å². The Morgan fingerprint density at radius 1 is 1.73 bits per heavy atom. The van der Waals surface area contributed by atoms with E-state index in [9.17, 15) is 4.79 Å². The summed E-state index contributed by atoms with van der Waals surface area (Å²) in [7, 11) is 3.11. The summed E-state index contributed by atoms with van der Waals surface area (Å²) in [6.45, 7) is 2.93. The molecule has 0 bridgehead atoms. The van der Waals surface area contributed by atoms with Gasteiger partial charge in [-0.2, -0.15) is 0 Å². The van der Waals surface area contributed by atoms with Gasteiger partial charge in [0.15, 0.2) is 0 Å². The summed E-state index contributed by atoms with van der Waals surface area (Å²) in [4.78, 5) is 15.5. The van der Waals surface area contributed by atoms with Crippen LogP contribution in [0.25, 0.3) is 0 Å². The summed E-state index contributed by atoms with van der Waals surface area (Å²) in [5.74, 6) is -0.296. The normalized spacial score (nSPS) is 12.5. The molecule has 1 N–H and O–H groups in total. The summed E-state index contributed by atoms with van der Waals surface area (Å²) in [6.07, 6.45) is 4.42. The van der Waals surface area contributed by atoms with E-state index in [-0.39, 0.29) is 5.97 Å². The quantitative estimate of drug-likeness (QED) is 0.729. The van der Waals surface area contributed by atoms with Crippen molar-refractivity contribution in [1.82, 2.24) is 14.9 Å². The lowest BCUT2D eigenvalue weighted by molar-refractivity contribution is -0.143. The van der Waals surface area contributed by atoms with Crippen molar-refractivity contribution in [3.8, 4) is 0 Å². The van der Waals surface area contributed by atoms with E-state index in [1.807, 2.05) is 4.57 Å². The zero-order valence-electron chi connectivity index (χ0n) is 9.36. The van der Waals surface area contributed by atoms with Gasteiger partial charge in [0.25, 0.3) is 0 Å². The maximum absolute atomic E-state index is 11.5. The number of aryl methyl sites for hydroxylation is 1. The Hall–Kier alpha value is -1.36. The number of esters is 1. The maximum atomic E-state index is 11.5. The van der Waals surface area contributed by atoms with Crippen molar-refractivity contribution in [2.45, 2.75) is 25.9 Å². The lowest BCUT2D eigenvalue weighted by Crippen LogP contribution is -2.28. The molecule has 1 aromatic rings. The zero-order chi connectivity index (χ0) is 11.3. The Morgan fingerprint density at radius 2 is 2.47 bits per heavy atom. The number of imidazole rings is 1. The van der Waals surface area contributed by atoms with E-state index in [0.29, 0.717) is 0 Å². The lowest BCUT2D eigenvalue weighted by Gasteiger charge is -2.15. The Kier molecular flexibility index (Phi) is 4.30. The molecule has 0 spiro atoms. The number of rotatable bonds is 5. The average Bonchev–Trinajstić information content (AvgIpc) is 2.68. The molecule has 5 nitrogen and oxygen atoms in total. The third kappa shape index (κ3) is 2.56. The number of carbonyl (C=O) groups is 1. The van der Waals surface area contributed by atoms with Gasteiger partial charge in [-0.1, -0.05) is 6.92 Å². The van der Waals surface area contributed by atoms with Gasteiger partial charge in [-0.25, -0.2) is 9.78 Å². The maximum Gasteiger partial charge on any atom is 0.329 e. The van der Waals surface area contributed by atoms with Gasteiger partial charge < -0.3 is 14.6 Å². The standard InChI is InChI=1S/C10H17N3O2/c1-4-5-13-7-12-6-8(13)9(11-2)10(14)15-3/h6-7,9,11H,4-5H2,1-3H3. The first kappa shape index (κ1) is 11.7. The number of hydrogen-bond donors (Lipinski definition) is 1. The van der Waals surface area contributed by atoms with Crippen molar-refractivity contribution in [2.24, 2.45) is 0 Å². The van der Waals surface area contributed by atoms with Gasteiger partial charge in [-0.05, 0) is 13.5 Å². The van der Waals surface area contributed by atoms with E-state index in [1.165, 1.54) is 7.11 Å². The molecule has 1 heterocycles. The van der Waals surface area contributed by atoms with Crippen LogP contribution in [0.3, 0.4) is 0 Å². The van der Waals surface area contributed by atoms with E-state index < -0.39 is 6.04 Å². The van der Waals surface area contributed by atoms with Crippen LogP contribution in [0.5, 0.6) is 0 Å². The van der Waals surface area contributed by atoms with Crippen molar-refractivity contribution < 1.29 is 9.53 Å². The molecule has 5 heteroatoms. The molecule has 1 atom stereocenters. The second-order valence-corrected chi connectivity index (χ2v) is 3.26. The van der Waals surface area contributed by atoms with Crippen LogP contribution < -0.4 is 5.32 Å². The molecule has 1 aromatic heterocycles. The number of ether oxygens (including phenoxy) is 1. The van der Waals surface area contributed by atoms with Crippen LogP contribution >= 0.6 is 0 Å². The number of likely N-dealkylation sites (N-methyl/N-ethyl adjacent to an activating group) is 1. The Labute approximate surface area is 89.4 Å². The first-order valence-corrected chi connectivity index (χ1v) is 4.99. The Bertz CT molecular complexity index is 322. The van der Waals surface area contributed by atoms with Gasteiger partial charge in [0, 0.05) is 6.54 Å². The molecular formula is C10H17N3O2. The Balaban J connectivity index is 2.90. The first-order valence-electron chi connectivity index (χ1n) is 4.99. The summed E-state index contributed by atoms with van der Waals surface area (Å²) in [5.41, 5.74) is 0.839. The predicted octanol–water partition coefficient (Wildman–Crippen LogP) is 0.727. The van der Waals surface area contributed by atoms with Gasteiger partial charge >= 0.3 is 5.97 Å². The van der Waals surface area contributed by atoms with E-state index >= 15 is 0 Å². The minimum Gasteiger partial charge on any atom is -0.468 e. The van der Waals surface area contributed by atoms with Crippen molar-refractivity contribution in [3.63, 3.8) is 0 Å². The summed E-state index contributed by atoms with van der Waals surface area (Å²) in [6, 6.07) is -0.441. The highest BCUT2D eigenvalue weighted by atomic mass is 16.5. The first-order chi connectivity index (χ1) is 7.24. The van der Waals surface area contributed by atoms with E-state index in [4.69, 9.17) is 4.74 Å². The molecule has 84 valence electrons. The minimum absolute atomic E-state index is 0.296. The summed E-state index contributed by atoms with van der Waals surface area (Å²) in [5, 5.41) is 2.92. The molecule has 1 unspecified atom stereocenters. The zero-order valence-corrected chi connectivity index (χ0v) is 9.36. The molecule has 0 radical (unpaired) electrons. The SMILES string of the molecule is CCCn1cncc1C(NC)C(=O)OC. The number of methoxy groups -OCH3 is 1. The van der Waals surface area contributed by atoms with Crippen molar-refractivity contribution in [3.05, 3.63) is 18.2 Å². The molecule has 0 saturated heterocycles. The molecule has 0 aliphatic heterocycles. The second-order valence-electron chi connectivity index (χ2n) is 3.26. The summed E-state index contributed by atoms with van der Waals surface area (Å²) < 4.78 is 6.67. The molecule has 0 aliphatic carbocycles. The second kappa shape index (κ2) is 5.50. The third-order valence-electron chi connectivity index (χ3n) is 2.23. The molecule has 0 saturated carbocycles. The molecule has 0 aromatic carbocycles. The molecular weight excluding hydrogens is 194 g/mol. The van der Waals surface area contributed by atoms with Crippen molar-refractivity contribution in [1.29, 1.82) is 0 Å². The predicted molar refractivity (Wildman–Crippen MR) is 56.3 cm³/mol. The van der Waals surface area contributed by atoms with Crippen molar-refractivity contribution >= 4 is 5.97 Å². The van der Waals surface area contributed by atoms with E-state index in [2.05, 4.69) is 17.2 Å². The van der Waals surface area contributed by atoms with Crippen LogP contribution in [-0.2, 0) is 16.1 Å². The highest BCUT2D eigenvalue weighted by Gasteiger charge is 2.22. The fourth-order valence-corrected chi connectivity index (χ4v) is 1.50. The van der Waals surface area contributed by atoms with E-state index in [1.54, 1.807) is 19.6 Å². The fourth-order valence-electron chi connectivity index (χ4n) is 1.50. The lowest BCUT2D eigenvalue weighted by atomic mass is 10.2. The molecule has 1 rings (SSSR count). The minimum atomic E-state index is -0.441. The number of nitrogens with one attached hydrogen (secondary N) is 1. The van der Waals surface area contributed by atoms with Crippen molar-refractivity contribution in [2.75, 3.05) is 14.2 Å². The van der Waals surface area contributed by atoms with Crippen LogP contribution in [0.4, 0.5) is 0 Å². The molecule has 0 amide bonds. The van der Waals surface area contributed by atoms with Crippen LogP contribution in [0.2, 0.25) is 0 Å². The third-order valence-corrected chi connectivity index (χ3v) is 2.23. The fraction of sp³-hybridized carbons (Fsp3) is 0.600. The van der Waals surface area contributed by atoms with Crippen LogP contribution in [0.1, 0.15) is 25.1 Å². The van der Waals surface area contributed by atoms with Gasteiger partial charge in [0.2, 0.25) is 0 Å². The highest BCUT2D eigenvalue weighted by molar-refractivity contribution is 5.76. The van der Waals surface area contributed by atoms with E-state index in [0.717, 1.165) is 18.7 Å². The number of nitrogens with zero attached hydrogens (tertiary/aromatic N) is 2. The molecule has 15 heavy (non-hydrogen) atoms. The van der Waals surface area contributed by atoms with Crippen LogP contribution in [-0.4, -0.2) is 29.7 Å². The van der Waals surface area contributed by atoms with Gasteiger partial charge in [-0.3, -0.25) is 0 Å². The number of carbonyl (C=O) groups excluding carboxylic acids is 1. The van der Waals surface area contributed by atoms with Crippen LogP contribution in [0.15, 0.2) is 12.5 Å². The molecule has 0 aliphatic rings. The van der Waals surface area contributed by atoms with Gasteiger partial charge in [-0.15, -0.1) is 0 Å². The average molecular weight is 211 g/mol. The number of aromatic nitrogens is 2. The topological polar surface area (TPSA) is 56.2 Å². The summed E-state index contributed by atoms with van der Waals surface area (Å²) >= 11 is 0. The number of hydrogen-bond acceptors (Lipinski definition) is 4. The Morgan fingerprint density at radius 3 is 3.00 bits per heavy atom. The monoisotopic (exact) mass is 211 g/mol. The largest absolute Gasteiger partial charge is 0.468 e. The smallest absolute Gasteiger partial charge is 0.329 e. The van der Waals surface area contributed by atoms with Gasteiger partial charge in [0.05, 0.1) is 25.3 Å². The van der Waals surface area contributed by atoms with Crippen LogP contribution in [0, 0.1) is 0 Å².